The van der Waals surface area contributed by atoms with Crippen LogP contribution in [0.2, 0.25) is 0 Å². The number of rotatable bonds is 12. The molecule has 9 heteroatoms. The van der Waals surface area contributed by atoms with Crippen LogP contribution in [0, 0.1) is 0 Å². The molecule has 4 heterocycles. The third-order valence-corrected chi connectivity index (χ3v) is 15.5. The second kappa shape index (κ2) is 22.5. The molecule has 0 saturated heterocycles. The summed E-state index contributed by atoms with van der Waals surface area (Å²) in [5.74, 6) is 3.52. The number of hydrogen-bond donors (Lipinski definition) is 0. The molecule has 0 fully saturated rings. The van der Waals surface area contributed by atoms with E-state index in [1.165, 1.54) is 0 Å². The molecular weight excluding hydrogens is 1050 g/mol. The number of fused-ring (bicyclic) bond motifs is 2. The van der Waals surface area contributed by atoms with Gasteiger partial charge in [-0.1, -0.05) is 267 Å². The van der Waals surface area contributed by atoms with Gasteiger partial charge in [0.05, 0.1) is 45.5 Å². The summed E-state index contributed by atoms with van der Waals surface area (Å²) in [5, 5.41) is 0. The molecule has 0 saturated carbocycles. The Morgan fingerprint density at radius 2 is 0.500 bits per heavy atom. The fourth-order valence-electron chi connectivity index (χ4n) is 11.5. The normalized spacial score (nSPS) is 11.7. The van der Waals surface area contributed by atoms with Gasteiger partial charge in [0.2, 0.25) is 0 Å². The highest BCUT2D eigenvalue weighted by molar-refractivity contribution is 6.12. The van der Waals surface area contributed by atoms with E-state index in [4.69, 9.17) is 34.9 Å². The number of hydrogen-bond acceptors (Lipinski definition) is 9. The molecule has 11 aromatic carbocycles. The lowest BCUT2D eigenvalue weighted by atomic mass is 9.84. The Morgan fingerprint density at radius 3 is 0.919 bits per heavy atom. The fraction of sp³-hybridized carbons (Fsp3) is 0. The molecule has 404 valence electrons. The lowest BCUT2D eigenvalue weighted by Crippen LogP contribution is -2.25. The molecule has 0 atom stereocenters. The molecular formula is C77H51N9. The van der Waals surface area contributed by atoms with Gasteiger partial charge in [-0.05, 0) is 47.5 Å². The third-order valence-electron chi connectivity index (χ3n) is 15.5. The second-order valence-electron chi connectivity index (χ2n) is 20.8. The number of benzene rings is 11. The van der Waals surface area contributed by atoms with Crippen molar-refractivity contribution < 1.29 is 0 Å². The predicted molar refractivity (Wildman–Crippen MR) is 348 cm³/mol. The minimum atomic E-state index is 0.500. The minimum Gasteiger partial charge on any atom is -0.305 e. The van der Waals surface area contributed by atoms with Crippen LogP contribution in [0.5, 0.6) is 0 Å². The summed E-state index contributed by atoms with van der Waals surface area (Å²) in [6, 6.07) is 106. The summed E-state index contributed by atoms with van der Waals surface area (Å²) in [6.45, 7) is 0. The number of para-hydroxylation sites is 4. The Labute approximate surface area is 498 Å². The van der Waals surface area contributed by atoms with E-state index in [1.807, 2.05) is 121 Å². The predicted octanol–water partition coefficient (Wildman–Crippen LogP) is 19.4. The quantitative estimate of drug-likeness (QED) is 0.118. The molecule has 0 radical (unpaired) electrons. The minimum absolute atomic E-state index is 0.500. The Bertz CT molecular complexity index is 4510. The zero-order valence-electron chi connectivity index (χ0n) is 46.5. The van der Waals surface area contributed by atoms with Crippen LogP contribution in [-0.4, -0.2) is 34.9 Å². The standard InChI is InChI=1S/C77H51N9/c1-9-29-52(30-10-1)62-50-64(80-73(78-62)56-37-17-5-18-38-56)60-49-61(77-83-75(58-41-21-7-22-42-58)82-76(84-77)59-43-23-8-24-44-59)70(54-33-13-3-14-34-54)71(55-35-15-4-16-36-55)72(60)86-67-47-27-25-45-65(67)85(66-46-26-28-48-68(66)86)69-51-63(53-31-11-2-12-32-53)79-74(81-69)57-39-19-6-20-40-57/h1-51H. The SMILES string of the molecule is c1ccc(-c2cc(-c3cc(-c4nc(-c5ccccc5)nc(-c5ccccc5)n4)c(-c4ccccc4)c(-c4ccccc4)c3N3c4ccccc4N(c4cc(-c5ccccc5)nc(-c5ccccc5)n4)c4ccccc43)nc(-c3ccccc3)n2)cc1. The average molecular weight is 1100 g/mol. The van der Waals surface area contributed by atoms with E-state index in [1.54, 1.807) is 0 Å². The van der Waals surface area contributed by atoms with E-state index < -0.39 is 0 Å². The van der Waals surface area contributed by atoms with Crippen molar-refractivity contribution in [1.82, 2.24) is 34.9 Å². The molecule has 0 N–H and O–H groups in total. The lowest BCUT2D eigenvalue weighted by Gasteiger charge is -2.41. The van der Waals surface area contributed by atoms with Gasteiger partial charge < -0.3 is 4.90 Å². The van der Waals surface area contributed by atoms with Gasteiger partial charge in [0.15, 0.2) is 29.1 Å². The first-order valence-electron chi connectivity index (χ1n) is 28.6. The number of anilines is 6. The van der Waals surface area contributed by atoms with Gasteiger partial charge >= 0.3 is 0 Å². The third kappa shape index (κ3) is 9.70. The fourth-order valence-corrected chi connectivity index (χ4v) is 11.5. The van der Waals surface area contributed by atoms with Gasteiger partial charge in [0, 0.05) is 61.7 Å². The van der Waals surface area contributed by atoms with Gasteiger partial charge in [0.1, 0.15) is 5.82 Å². The van der Waals surface area contributed by atoms with Crippen molar-refractivity contribution in [3.05, 3.63) is 309 Å². The van der Waals surface area contributed by atoms with Crippen LogP contribution >= 0.6 is 0 Å². The zero-order valence-corrected chi connectivity index (χ0v) is 46.5. The van der Waals surface area contributed by atoms with Crippen LogP contribution in [0.1, 0.15) is 0 Å². The topological polar surface area (TPSA) is 96.7 Å². The van der Waals surface area contributed by atoms with Gasteiger partial charge in [-0.2, -0.15) is 0 Å². The highest BCUT2D eigenvalue weighted by Gasteiger charge is 2.37. The molecule has 9 nitrogen and oxygen atoms in total. The molecule has 0 bridgehead atoms. The van der Waals surface area contributed by atoms with E-state index in [2.05, 4.69) is 198 Å². The van der Waals surface area contributed by atoms with Crippen LogP contribution < -0.4 is 9.80 Å². The highest BCUT2D eigenvalue weighted by atomic mass is 15.3. The molecule has 86 heavy (non-hydrogen) atoms. The van der Waals surface area contributed by atoms with Crippen LogP contribution in [0.25, 0.3) is 113 Å². The molecule has 0 unspecified atom stereocenters. The van der Waals surface area contributed by atoms with Gasteiger partial charge in [-0.3, -0.25) is 4.90 Å². The first-order valence-corrected chi connectivity index (χ1v) is 28.6. The van der Waals surface area contributed by atoms with E-state index in [9.17, 15) is 0 Å². The highest BCUT2D eigenvalue weighted by Crippen LogP contribution is 2.60. The Kier molecular flexibility index (Phi) is 13.4. The van der Waals surface area contributed by atoms with Crippen molar-refractivity contribution in [2.45, 2.75) is 0 Å². The summed E-state index contributed by atoms with van der Waals surface area (Å²) in [4.78, 5) is 42.7. The van der Waals surface area contributed by atoms with Crippen molar-refractivity contribution in [1.29, 1.82) is 0 Å². The van der Waals surface area contributed by atoms with Crippen LogP contribution in [0.15, 0.2) is 309 Å². The lowest BCUT2D eigenvalue weighted by molar-refractivity contribution is 1.07. The van der Waals surface area contributed by atoms with E-state index >= 15 is 0 Å². The summed E-state index contributed by atoms with van der Waals surface area (Å²) < 4.78 is 0. The van der Waals surface area contributed by atoms with Gasteiger partial charge in [-0.15, -0.1) is 0 Å². The summed E-state index contributed by atoms with van der Waals surface area (Å²) in [6.07, 6.45) is 0. The first kappa shape index (κ1) is 51.1. The summed E-state index contributed by atoms with van der Waals surface area (Å²) >= 11 is 0. The van der Waals surface area contributed by atoms with Crippen molar-refractivity contribution in [3.8, 4) is 113 Å². The number of aromatic nitrogens is 7. The van der Waals surface area contributed by atoms with Crippen molar-refractivity contribution in [2.75, 3.05) is 9.80 Å². The molecule has 1 aliphatic rings. The van der Waals surface area contributed by atoms with Crippen molar-refractivity contribution >= 4 is 34.3 Å². The molecule has 0 amide bonds. The van der Waals surface area contributed by atoms with E-state index in [-0.39, 0.29) is 0 Å². The molecule has 3 aromatic heterocycles. The van der Waals surface area contributed by atoms with Crippen molar-refractivity contribution in [3.63, 3.8) is 0 Å². The van der Waals surface area contributed by atoms with Gasteiger partial charge in [0.25, 0.3) is 0 Å². The molecule has 0 spiro atoms. The average Bonchev–Trinajstić information content (AvgIpc) is 1.43. The summed E-state index contributed by atoms with van der Waals surface area (Å²) in [5.41, 5.74) is 17.7. The maximum atomic E-state index is 5.69. The second-order valence-corrected chi connectivity index (χ2v) is 20.8. The molecule has 15 rings (SSSR count). The monoisotopic (exact) mass is 1100 g/mol. The molecule has 14 aromatic rings. The Morgan fingerprint density at radius 1 is 0.198 bits per heavy atom. The first-order chi connectivity index (χ1) is 42.7. The number of nitrogens with zero attached hydrogens (tertiary/aromatic N) is 9. The largest absolute Gasteiger partial charge is 0.305 e. The van der Waals surface area contributed by atoms with Crippen LogP contribution in [0.3, 0.4) is 0 Å². The van der Waals surface area contributed by atoms with E-state index in [0.29, 0.717) is 34.8 Å². The van der Waals surface area contributed by atoms with E-state index in [0.717, 1.165) is 112 Å². The Balaban J connectivity index is 1.09. The zero-order chi connectivity index (χ0) is 57.2. The van der Waals surface area contributed by atoms with Gasteiger partial charge in [-0.25, -0.2) is 34.9 Å². The maximum Gasteiger partial charge on any atom is 0.164 e. The maximum absolute atomic E-state index is 5.69. The molecule has 0 aliphatic carbocycles. The smallest absolute Gasteiger partial charge is 0.164 e. The molecule has 1 aliphatic heterocycles. The Hall–Kier alpha value is -11.8. The van der Waals surface area contributed by atoms with Crippen LogP contribution in [0.4, 0.5) is 34.3 Å². The van der Waals surface area contributed by atoms with Crippen LogP contribution in [-0.2, 0) is 0 Å². The van der Waals surface area contributed by atoms with Crippen molar-refractivity contribution in [2.24, 2.45) is 0 Å². The summed E-state index contributed by atoms with van der Waals surface area (Å²) in [7, 11) is 0.